The van der Waals surface area contributed by atoms with E-state index in [0.29, 0.717) is 17.1 Å². The van der Waals surface area contributed by atoms with Gasteiger partial charge in [-0.25, -0.2) is 0 Å². The number of anilines is 2. The number of halogens is 1. The summed E-state index contributed by atoms with van der Waals surface area (Å²) in [5.74, 6) is -0.0153. The number of carbonyl (C=O) groups excluding carboxylic acids is 1. The zero-order valence-corrected chi connectivity index (χ0v) is 11.4. The molecule has 1 aliphatic rings. The molecule has 4 heteroatoms. The number of benzene rings is 2. The second kappa shape index (κ2) is 4.99. The van der Waals surface area contributed by atoms with Crippen LogP contribution >= 0.6 is 11.6 Å². The van der Waals surface area contributed by atoms with E-state index in [1.54, 1.807) is 17.0 Å². The second-order valence-corrected chi connectivity index (χ2v) is 5.02. The summed E-state index contributed by atoms with van der Waals surface area (Å²) in [5, 5.41) is 9.43. The molecule has 2 aromatic rings. The van der Waals surface area contributed by atoms with E-state index in [-0.39, 0.29) is 12.3 Å². The van der Waals surface area contributed by atoms with Crippen LogP contribution in [0.1, 0.15) is 11.1 Å². The molecule has 3 nitrogen and oxygen atoms in total. The van der Waals surface area contributed by atoms with Crippen LogP contribution < -0.4 is 4.90 Å². The number of amides is 1. The van der Waals surface area contributed by atoms with Crippen LogP contribution in [0, 0.1) is 11.3 Å². The topological polar surface area (TPSA) is 44.1 Å². The van der Waals surface area contributed by atoms with Crippen molar-refractivity contribution in [1.82, 2.24) is 0 Å². The van der Waals surface area contributed by atoms with Crippen molar-refractivity contribution < 1.29 is 4.79 Å². The minimum Gasteiger partial charge on any atom is -0.279 e. The summed E-state index contributed by atoms with van der Waals surface area (Å²) in [7, 11) is 0. The standard InChI is InChI=1S/C16H11ClN2O/c17-13-6-3-5-11(8-9-18)16(13)19-14-7-2-1-4-12(14)10-15(19)20/h1-7H,8,10H2. The van der Waals surface area contributed by atoms with Crippen LogP contribution in [0.2, 0.25) is 5.02 Å². The van der Waals surface area contributed by atoms with Crippen LogP contribution in [-0.4, -0.2) is 5.91 Å². The molecule has 0 bridgehead atoms. The molecule has 1 aliphatic heterocycles. The molecule has 0 saturated carbocycles. The third-order valence-corrected chi connectivity index (χ3v) is 3.69. The fourth-order valence-corrected chi connectivity index (χ4v) is 2.82. The molecule has 20 heavy (non-hydrogen) atoms. The van der Waals surface area contributed by atoms with Gasteiger partial charge in [0.05, 0.1) is 35.3 Å². The lowest BCUT2D eigenvalue weighted by molar-refractivity contribution is -0.116. The number of hydrogen-bond acceptors (Lipinski definition) is 2. The molecule has 0 aliphatic carbocycles. The van der Waals surface area contributed by atoms with Gasteiger partial charge in [-0.05, 0) is 23.3 Å². The Morgan fingerprint density at radius 2 is 2.00 bits per heavy atom. The van der Waals surface area contributed by atoms with Gasteiger partial charge in [0.15, 0.2) is 0 Å². The maximum atomic E-state index is 12.3. The molecular weight excluding hydrogens is 272 g/mol. The van der Waals surface area contributed by atoms with Crippen molar-refractivity contribution in [3.8, 4) is 6.07 Å². The molecular formula is C16H11ClN2O. The molecule has 1 amide bonds. The van der Waals surface area contributed by atoms with Gasteiger partial charge in [-0.1, -0.05) is 41.9 Å². The van der Waals surface area contributed by atoms with Crippen molar-refractivity contribution >= 4 is 28.9 Å². The van der Waals surface area contributed by atoms with Crippen molar-refractivity contribution in [2.24, 2.45) is 0 Å². The first-order valence-electron chi connectivity index (χ1n) is 6.27. The van der Waals surface area contributed by atoms with Crippen molar-refractivity contribution in [2.75, 3.05) is 4.90 Å². The minimum absolute atomic E-state index is 0.0153. The van der Waals surface area contributed by atoms with Gasteiger partial charge in [-0.15, -0.1) is 0 Å². The molecule has 0 N–H and O–H groups in total. The number of hydrogen-bond donors (Lipinski definition) is 0. The molecule has 0 fully saturated rings. The maximum Gasteiger partial charge on any atom is 0.236 e. The summed E-state index contributed by atoms with van der Waals surface area (Å²) in [5.41, 5.74) is 3.24. The Hall–Kier alpha value is -2.31. The van der Waals surface area contributed by atoms with E-state index in [2.05, 4.69) is 6.07 Å². The lowest BCUT2D eigenvalue weighted by Crippen LogP contribution is -2.22. The monoisotopic (exact) mass is 282 g/mol. The summed E-state index contributed by atoms with van der Waals surface area (Å²) in [6.07, 6.45) is 0.592. The highest BCUT2D eigenvalue weighted by Crippen LogP contribution is 2.40. The molecule has 0 radical (unpaired) electrons. The normalized spacial score (nSPS) is 13.2. The predicted molar refractivity (Wildman–Crippen MR) is 78.1 cm³/mol. The van der Waals surface area contributed by atoms with Gasteiger partial charge >= 0.3 is 0 Å². The smallest absolute Gasteiger partial charge is 0.236 e. The van der Waals surface area contributed by atoms with E-state index < -0.39 is 0 Å². The van der Waals surface area contributed by atoms with Crippen molar-refractivity contribution in [1.29, 1.82) is 5.26 Å². The van der Waals surface area contributed by atoms with E-state index in [0.717, 1.165) is 16.8 Å². The number of para-hydroxylation sites is 2. The lowest BCUT2D eigenvalue weighted by Gasteiger charge is -2.21. The van der Waals surface area contributed by atoms with Crippen molar-refractivity contribution in [2.45, 2.75) is 12.8 Å². The molecule has 1 heterocycles. The van der Waals surface area contributed by atoms with E-state index in [4.69, 9.17) is 16.9 Å². The second-order valence-electron chi connectivity index (χ2n) is 4.62. The third kappa shape index (κ3) is 1.95. The first-order valence-corrected chi connectivity index (χ1v) is 6.65. The van der Waals surface area contributed by atoms with Crippen LogP contribution in [0.25, 0.3) is 0 Å². The summed E-state index contributed by atoms with van der Waals surface area (Å²) in [6.45, 7) is 0. The molecule has 98 valence electrons. The highest BCUT2D eigenvalue weighted by Gasteiger charge is 2.30. The fourth-order valence-electron chi connectivity index (χ4n) is 2.54. The van der Waals surface area contributed by atoms with Crippen molar-refractivity contribution in [3.05, 3.63) is 58.6 Å². The molecule has 0 atom stereocenters. The molecule has 0 spiro atoms. The Morgan fingerprint density at radius 3 is 2.80 bits per heavy atom. The van der Waals surface area contributed by atoms with E-state index in [1.165, 1.54) is 0 Å². The van der Waals surface area contributed by atoms with E-state index in [9.17, 15) is 4.79 Å². The van der Waals surface area contributed by atoms with Gasteiger partial charge in [-0.3, -0.25) is 9.69 Å². The average molecular weight is 283 g/mol. The molecule has 0 aromatic heterocycles. The van der Waals surface area contributed by atoms with Gasteiger partial charge in [0.25, 0.3) is 0 Å². The first kappa shape index (κ1) is 12.7. The predicted octanol–water partition coefficient (Wildman–Crippen LogP) is 3.63. The Kier molecular flexibility index (Phi) is 3.17. The summed E-state index contributed by atoms with van der Waals surface area (Å²) in [6, 6.07) is 15.1. The average Bonchev–Trinajstić information content (AvgIpc) is 2.76. The van der Waals surface area contributed by atoms with Crippen molar-refractivity contribution in [3.63, 3.8) is 0 Å². The number of fused-ring (bicyclic) bond motifs is 1. The quantitative estimate of drug-likeness (QED) is 0.844. The third-order valence-electron chi connectivity index (χ3n) is 3.39. The summed E-state index contributed by atoms with van der Waals surface area (Å²) in [4.78, 5) is 14.0. The highest BCUT2D eigenvalue weighted by atomic mass is 35.5. The SMILES string of the molecule is N#CCc1cccc(Cl)c1N1C(=O)Cc2ccccc21. The largest absolute Gasteiger partial charge is 0.279 e. The Balaban J connectivity index is 2.19. The first-order chi connectivity index (χ1) is 9.72. The minimum atomic E-state index is -0.0153. The van der Waals surface area contributed by atoms with Gasteiger partial charge in [0.2, 0.25) is 5.91 Å². The van der Waals surface area contributed by atoms with E-state index in [1.807, 2.05) is 30.3 Å². The van der Waals surface area contributed by atoms with Gasteiger partial charge in [0.1, 0.15) is 0 Å². The van der Waals surface area contributed by atoms with Gasteiger partial charge in [-0.2, -0.15) is 5.26 Å². The van der Waals surface area contributed by atoms with Crippen LogP contribution in [0.4, 0.5) is 11.4 Å². The maximum absolute atomic E-state index is 12.3. The van der Waals surface area contributed by atoms with E-state index >= 15 is 0 Å². The number of nitriles is 1. The number of nitrogens with zero attached hydrogens (tertiary/aromatic N) is 2. The fraction of sp³-hybridized carbons (Fsp3) is 0.125. The van der Waals surface area contributed by atoms with Gasteiger partial charge < -0.3 is 0 Å². The Morgan fingerprint density at radius 1 is 1.20 bits per heavy atom. The highest BCUT2D eigenvalue weighted by molar-refractivity contribution is 6.34. The molecule has 3 rings (SSSR count). The van der Waals surface area contributed by atoms with Crippen LogP contribution in [0.15, 0.2) is 42.5 Å². The summed E-state index contributed by atoms with van der Waals surface area (Å²) >= 11 is 6.27. The summed E-state index contributed by atoms with van der Waals surface area (Å²) < 4.78 is 0. The zero-order valence-electron chi connectivity index (χ0n) is 10.6. The Labute approximate surface area is 122 Å². The zero-order chi connectivity index (χ0) is 14.1. The number of rotatable bonds is 2. The molecule has 2 aromatic carbocycles. The Bertz CT molecular complexity index is 733. The lowest BCUT2D eigenvalue weighted by atomic mass is 10.1. The van der Waals surface area contributed by atoms with Crippen LogP contribution in [0.3, 0.4) is 0 Å². The number of carbonyl (C=O) groups is 1. The van der Waals surface area contributed by atoms with Crippen LogP contribution in [-0.2, 0) is 17.6 Å². The van der Waals surface area contributed by atoms with Crippen LogP contribution in [0.5, 0.6) is 0 Å². The molecule has 0 saturated heterocycles. The van der Waals surface area contributed by atoms with Gasteiger partial charge in [0, 0.05) is 0 Å². The molecule has 0 unspecified atom stereocenters.